The average Bonchev–Trinajstić information content (AvgIpc) is 2.23. The van der Waals surface area contributed by atoms with Gasteiger partial charge in [0, 0.05) is 0 Å². The zero-order chi connectivity index (χ0) is 13.9. The van der Waals surface area contributed by atoms with Gasteiger partial charge in [0.05, 0.1) is 0 Å². The van der Waals surface area contributed by atoms with Crippen molar-refractivity contribution < 1.29 is 29.1 Å². The summed E-state index contributed by atoms with van der Waals surface area (Å²) in [5, 5.41) is 10.4. The fraction of sp³-hybridized carbons (Fsp3) is 0.556. The molecule has 0 bridgehead atoms. The Morgan fingerprint density at radius 2 is 2.11 bits per heavy atom. The molecule has 4 amide bonds. The molecular formula is C9H13N3O6. The van der Waals surface area contributed by atoms with Crippen LogP contribution in [-0.4, -0.2) is 52.5 Å². The molecule has 0 aromatic rings. The summed E-state index contributed by atoms with van der Waals surface area (Å²) in [6.45, 7) is 1.86. The van der Waals surface area contributed by atoms with Gasteiger partial charge in [0.15, 0.2) is 6.61 Å². The summed E-state index contributed by atoms with van der Waals surface area (Å²) in [4.78, 5) is 49.9. The van der Waals surface area contributed by atoms with Crippen LogP contribution in [0.3, 0.4) is 0 Å². The van der Waals surface area contributed by atoms with Crippen LogP contribution in [-0.2, 0) is 19.2 Å². The lowest BCUT2D eigenvalue weighted by Crippen LogP contribution is -2.67. The van der Waals surface area contributed by atoms with Gasteiger partial charge >= 0.3 is 12.0 Å². The fourth-order valence-electron chi connectivity index (χ4n) is 1.32. The topological polar surface area (TPSA) is 125 Å². The Morgan fingerprint density at radius 3 is 2.67 bits per heavy atom. The van der Waals surface area contributed by atoms with Crippen LogP contribution >= 0.6 is 0 Å². The van der Waals surface area contributed by atoms with E-state index in [0.717, 1.165) is 4.90 Å². The zero-order valence-electron chi connectivity index (χ0n) is 9.85. The number of carboxylic acid groups (broad SMARTS) is 1. The maximum atomic E-state index is 11.7. The molecule has 0 aliphatic carbocycles. The molecule has 1 saturated heterocycles. The molecule has 0 spiro atoms. The highest BCUT2D eigenvalue weighted by Crippen LogP contribution is 2.17. The van der Waals surface area contributed by atoms with Crippen molar-refractivity contribution in [3.8, 4) is 0 Å². The number of hydroxylamine groups is 1. The largest absolute Gasteiger partial charge is 0.479 e. The van der Waals surface area contributed by atoms with Gasteiger partial charge in [-0.05, 0) is 13.8 Å². The van der Waals surface area contributed by atoms with Crippen LogP contribution in [0.1, 0.15) is 13.8 Å². The van der Waals surface area contributed by atoms with Crippen LogP contribution in [0.2, 0.25) is 0 Å². The number of amides is 4. The van der Waals surface area contributed by atoms with E-state index in [9.17, 15) is 19.2 Å². The van der Waals surface area contributed by atoms with Crippen LogP contribution < -0.4 is 10.8 Å². The summed E-state index contributed by atoms with van der Waals surface area (Å²) in [5.74, 6) is -2.50. The number of hydrogen-bond donors (Lipinski definition) is 3. The molecule has 1 rings (SSSR count). The van der Waals surface area contributed by atoms with Crippen molar-refractivity contribution in [3.05, 3.63) is 0 Å². The Hall–Kier alpha value is -2.16. The number of carbonyl (C=O) groups excluding carboxylic acids is 3. The average molecular weight is 259 g/mol. The number of imide groups is 1. The van der Waals surface area contributed by atoms with Gasteiger partial charge in [-0.25, -0.2) is 15.1 Å². The molecule has 3 N–H and O–H groups in total. The smallest absolute Gasteiger partial charge is 0.342 e. The van der Waals surface area contributed by atoms with Gasteiger partial charge < -0.3 is 5.11 Å². The van der Waals surface area contributed by atoms with Gasteiger partial charge in [-0.15, -0.1) is 0 Å². The molecule has 0 radical (unpaired) electrons. The molecule has 0 aromatic carbocycles. The molecule has 100 valence electrons. The summed E-state index contributed by atoms with van der Waals surface area (Å²) < 4.78 is 0. The molecule has 1 heterocycles. The number of aliphatic carboxylic acids is 1. The maximum Gasteiger partial charge on any atom is 0.342 e. The summed E-state index contributed by atoms with van der Waals surface area (Å²) in [6, 6.07) is -0.857. The lowest BCUT2D eigenvalue weighted by molar-refractivity contribution is -0.147. The van der Waals surface area contributed by atoms with E-state index in [1.165, 1.54) is 13.8 Å². The normalized spacial score (nSPS) is 18.2. The number of rotatable bonds is 3. The van der Waals surface area contributed by atoms with Crippen LogP contribution in [0.4, 0.5) is 4.79 Å². The van der Waals surface area contributed by atoms with Gasteiger partial charge in [0.25, 0.3) is 5.91 Å². The second-order valence-corrected chi connectivity index (χ2v) is 4.11. The van der Waals surface area contributed by atoms with Gasteiger partial charge in [0.2, 0.25) is 5.91 Å². The van der Waals surface area contributed by atoms with Crippen LogP contribution in [0, 0.1) is 0 Å². The third kappa shape index (κ3) is 2.94. The molecule has 0 saturated carbocycles. The van der Waals surface area contributed by atoms with E-state index in [4.69, 9.17) is 5.11 Å². The van der Waals surface area contributed by atoms with E-state index in [1.54, 1.807) is 0 Å². The van der Waals surface area contributed by atoms with Crippen molar-refractivity contribution in [1.82, 2.24) is 15.7 Å². The monoisotopic (exact) mass is 259 g/mol. The van der Waals surface area contributed by atoms with E-state index in [0.29, 0.717) is 0 Å². The molecule has 1 aliphatic heterocycles. The Kier molecular flexibility index (Phi) is 3.86. The summed E-state index contributed by atoms with van der Waals surface area (Å²) in [7, 11) is 0. The Balaban J connectivity index is 2.67. The van der Waals surface area contributed by atoms with E-state index in [-0.39, 0.29) is 6.54 Å². The lowest BCUT2D eigenvalue weighted by atomic mass is 9.99. The van der Waals surface area contributed by atoms with Crippen LogP contribution in [0.15, 0.2) is 0 Å². The molecule has 9 nitrogen and oxygen atoms in total. The summed E-state index contributed by atoms with van der Waals surface area (Å²) in [5.41, 5.74) is 0.623. The van der Waals surface area contributed by atoms with E-state index < -0.39 is 36.0 Å². The molecule has 0 aromatic heterocycles. The minimum atomic E-state index is -1.26. The third-order valence-electron chi connectivity index (χ3n) is 2.39. The SMILES string of the molecule is CC1(C)C(=O)NC(=O)CN1C(=O)NOCC(=O)O. The Labute approximate surface area is 102 Å². The summed E-state index contributed by atoms with van der Waals surface area (Å²) in [6.07, 6.45) is 0. The number of nitrogens with zero attached hydrogens (tertiary/aromatic N) is 1. The van der Waals surface area contributed by atoms with E-state index in [1.807, 2.05) is 5.48 Å². The van der Waals surface area contributed by atoms with E-state index >= 15 is 0 Å². The number of nitrogens with one attached hydrogen (secondary N) is 2. The second kappa shape index (κ2) is 5.00. The van der Waals surface area contributed by atoms with Gasteiger partial charge in [-0.1, -0.05) is 0 Å². The number of urea groups is 1. The second-order valence-electron chi connectivity index (χ2n) is 4.11. The quantitative estimate of drug-likeness (QED) is 0.416. The highest BCUT2D eigenvalue weighted by molar-refractivity contribution is 6.05. The molecular weight excluding hydrogens is 246 g/mol. The molecule has 1 aliphatic rings. The van der Waals surface area contributed by atoms with E-state index in [2.05, 4.69) is 10.2 Å². The Morgan fingerprint density at radius 1 is 1.50 bits per heavy atom. The first kappa shape index (κ1) is 13.9. The number of carbonyl (C=O) groups is 4. The third-order valence-corrected chi connectivity index (χ3v) is 2.39. The standard InChI is InChI=1S/C9H13N3O6/c1-9(2)7(16)10-5(13)3-12(9)8(17)11-18-4-6(14)15/h3-4H2,1-2H3,(H,11,17)(H,14,15)(H,10,13,16). The number of hydrogen-bond acceptors (Lipinski definition) is 5. The highest BCUT2D eigenvalue weighted by atomic mass is 16.7. The highest BCUT2D eigenvalue weighted by Gasteiger charge is 2.43. The van der Waals surface area contributed by atoms with Crippen molar-refractivity contribution in [2.75, 3.05) is 13.2 Å². The van der Waals surface area contributed by atoms with Crippen LogP contribution in [0.5, 0.6) is 0 Å². The molecule has 0 unspecified atom stereocenters. The first-order chi connectivity index (χ1) is 8.25. The molecule has 0 atom stereocenters. The van der Waals surface area contributed by atoms with Crippen LogP contribution in [0.25, 0.3) is 0 Å². The van der Waals surface area contributed by atoms with Crippen molar-refractivity contribution in [2.24, 2.45) is 0 Å². The molecule has 9 heteroatoms. The predicted octanol–water partition coefficient (Wildman–Crippen LogP) is -1.55. The number of piperazine rings is 1. The van der Waals surface area contributed by atoms with Gasteiger partial charge in [-0.2, -0.15) is 0 Å². The fourth-order valence-corrected chi connectivity index (χ4v) is 1.32. The zero-order valence-corrected chi connectivity index (χ0v) is 9.85. The predicted molar refractivity (Wildman–Crippen MR) is 56.1 cm³/mol. The first-order valence-corrected chi connectivity index (χ1v) is 5.00. The maximum absolute atomic E-state index is 11.7. The van der Waals surface area contributed by atoms with Crippen molar-refractivity contribution in [3.63, 3.8) is 0 Å². The van der Waals surface area contributed by atoms with Crippen molar-refractivity contribution >= 4 is 23.8 Å². The minimum absolute atomic E-state index is 0.318. The number of carboxylic acids is 1. The van der Waals surface area contributed by atoms with Crippen molar-refractivity contribution in [1.29, 1.82) is 0 Å². The van der Waals surface area contributed by atoms with Gasteiger partial charge in [0.1, 0.15) is 12.1 Å². The molecule has 18 heavy (non-hydrogen) atoms. The Bertz CT molecular complexity index is 405. The summed E-state index contributed by atoms with van der Waals surface area (Å²) >= 11 is 0. The minimum Gasteiger partial charge on any atom is -0.479 e. The lowest BCUT2D eigenvalue weighted by Gasteiger charge is -2.39. The van der Waals surface area contributed by atoms with Gasteiger partial charge in [-0.3, -0.25) is 24.6 Å². The molecule has 1 fully saturated rings. The first-order valence-electron chi connectivity index (χ1n) is 5.00. The van der Waals surface area contributed by atoms with Crippen molar-refractivity contribution in [2.45, 2.75) is 19.4 Å².